The second-order valence-corrected chi connectivity index (χ2v) is 12.3. The number of hydrogen-bond acceptors (Lipinski definition) is 7. The van der Waals surface area contributed by atoms with Crippen molar-refractivity contribution >= 4 is 5.91 Å². The Kier molecular flexibility index (Phi) is 9.81. The molecule has 3 aromatic rings. The lowest BCUT2D eigenvalue weighted by atomic mass is 9.90. The van der Waals surface area contributed by atoms with Crippen LogP contribution < -0.4 is 5.32 Å². The van der Waals surface area contributed by atoms with Gasteiger partial charge >= 0.3 is 0 Å². The predicted octanol–water partition coefficient (Wildman–Crippen LogP) is 4.86. The second-order valence-electron chi connectivity index (χ2n) is 12.3. The molecule has 8 nitrogen and oxygen atoms in total. The van der Waals surface area contributed by atoms with Crippen molar-refractivity contribution in [3.63, 3.8) is 0 Å². The molecule has 3 saturated heterocycles. The Morgan fingerprint density at radius 1 is 0.930 bits per heavy atom. The quantitative estimate of drug-likeness (QED) is 0.352. The number of carbonyl (C=O) groups is 1. The van der Waals surface area contributed by atoms with Gasteiger partial charge in [-0.1, -0.05) is 55.5 Å². The Bertz CT molecular complexity index is 1310. The van der Waals surface area contributed by atoms with Gasteiger partial charge in [-0.05, 0) is 74.1 Å². The van der Waals surface area contributed by atoms with Crippen molar-refractivity contribution in [2.45, 2.75) is 70.3 Å². The first kappa shape index (κ1) is 29.9. The van der Waals surface area contributed by atoms with E-state index in [0.29, 0.717) is 18.2 Å². The average Bonchev–Trinajstić information content (AvgIpc) is 3.74. The molecule has 6 rings (SSSR count). The highest BCUT2D eigenvalue weighted by molar-refractivity contribution is 5.93. The number of ether oxygens (including phenoxy) is 2. The predicted molar refractivity (Wildman–Crippen MR) is 165 cm³/mol. The summed E-state index contributed by atoms with van der Waals surface area (Å²) in [6, 6.07) is 20.3. The number of nitrogens with zero attached hydrogens (tertiary/aromatic N) is 3. The number of pyridine rings is 1. The Morgan fingerprint density at radius 2 is 1.67 bits per heavy atom. The Morgan fingerprint density at radius 3 is 2.40 bits per heavy atom. The van der Waals surface area contributed by atoms with Crippen molar-refractivity contribution in [3.05, 3.63) is 101 Å². The highest BCUT2D eigenvalue weighted by Crippen LogP contribution is 2.42. The van der Waals surface area contributed by atoms with Crippen molar-refractivity contribution in [2.24, 2.45) is 5.92 Å². The molecular weight excluding hydrogens is 540 g/mol. The van der Waals surface area contributed by atoms with E-state index in [1.165, 1.54) is 38.8 Å². The van der Waals surface area contributed by atoms with Gasteiger partial charge in [0.1, 0.15) is 0 Å². The molecular formula is C35H44N4O4. The van der Waals surface area contributed by atoms with Crippen LogP contribution in [0.25, 0.3) is 0 Å². The van der Waals surface area contributed by atoms with Crippen LogP contribution in [0.4, 0.5) is 0 Å². The Labute approximate surface area is 255 Å². The molecule has 0 radical (unpaired) electrons. The lowest BCUT2D eigenvalue weighted by Crippen LogP contribution is -2.48. The number of aliphatic hydroxyl groups excluding tert-OH is 1. The SMILES string of the molecule is C[C@@H]1[C@H](CN2CCC[C@H]2CN2CCCC2)O[C@H](c2ccc(CNC(=O)c3cccnc3)cc2)O[C@@H]1c1ccc(CO)cc1. The van der Waals surface area contributed by atoms with Gasteiger partial charge in [0.25, 0.3) is 5.91 Å². The first-order valence-corrected chi connectivity index (χ1v) is 15.8. The first-order chi connectivity index (χ1) is 21.1. The first-order valence-electron chi connectivity index (χ1n) is 15.8. The van der Waals surface area contributed by atoms with Gasteiger partial charge in [0, 0.05) is 49.6 Å². The van der Waals surface area contributed by atoms with Gasteiger partial charge in [-0.3, -0.25) is 14.7 Å². The van der Waals surface area contributed by atoms with E-state index in [1.807, 2.05) is 36.4 Å². The summed E-state index contributed by atoms with van der Waals surface area (Å²) < 4.78 is 13.4. The lowest BCUT2D eigenvalue weighted by molar-refractivity contribution is -0.276. The third kappa shape index (κ3) is 7.33. The fourth-order valence-electron chi connectivity index (χ4n) is 6.74. The summed E-state index contributed by atoms with van der Waals surface area (Å²) >= 11 is 0. The molecule has 1 aromatic heterocycles. The molecule has 8 heteroatoms. The van der Waals surface area contributed by atoms with E-state index in [0.717, 1.165) is 41.9 Å². The summed E-state index contributed by atoms with van der Waals surface area (Å²) in [4.78, 5) is 21.8. The number of nitrogens with one attached hydrogen (secondary N) is 1. The molecule has 2 aromatic carbocycles. The number of likely N-dealkylation sites (tertiary alicyclic amines) is 2. The van der Waals surface area contributed by atoms with Gasteiger partial charge in [-0.25, -0.2) is 0 Å². The van der Waals surface area contributed by atoms with Gasteiger partial charge in [-0.15, -0.1) is 0 Å². The molecule has 4 heterocycles. The maximum absolute atomic E-state index is 12.5. The fourth-order valence-corrected chi connectivity index (χ4v) is 6.74. The second kappa shape index (κ2) is 14.1. The lowest BCUT2D eigenvalue weighted by Gasteiger charge is -2.43. The maximum Gasteiger partial charge on any atom is 0.253 e. The summed E-state index contributed by atoms with van der Waals surface area (Å²) in [6.07, 6.45) is 7.74. The Balaban J connectivity index is 1.16. The van der Waals surface area contributed by atoms with E-state index in [2.05, 4.69) is 39.2 Å². The molecule has 2 N–H and O–H groups in total. The summed E-state index contributed by atoms with van der Waals surface area (Å²) in [7, 11) is 0. The van der Waals surface area contributed by atoms with Gasteiger partial charge in [0.15, 0.2) is 6.29 Å². The van der Waals surface area contributed by atoms with E-state index >= 15 is 0 Å². The third-order valence-electron chi connectivity index (χ3n) is 9.33. The molecule has 0 saturated carbocycles. The summed E-state index contributed by atoms with van der Waals surface area (Å²) in [6.45, 7) is 8.31. The van der Waals surface area contributed by atoms with Crippen LogP contribution in [0.15, 0.2) is 73.1 Å². The molecule has 0 spiro atoms. The normalized spacial score (nSPS) is 26.5. The van der Waals surface area contributed by atoms with Crippen LogP contribution in [0.1, 0.15) is 77.6 Å². The Hall–Kier alpha value is -3.14. The van der Waals surface area contributed by atoms with Crippen LogP contribution in [-0.2, 0) is 22.6 Å². The zero-order valence-corrected chi connectivity index (χ0v) is 25.1. The molecule has 3 fully saturated rings. The van der Waals surface area contributed by atoms with Crippen LogP contribution in [0.5, 0.6) is 0 Å². The highest BCUT2D eigenvalue weighted by Gasteiger charge is 2.40. The number of benzene rings is 2. The minimum Gasteiger partial charge on any atom is -0.392 e. The van der Waals surface area contributed by atoms with E-state index < -0.39 is 6.29 Å². The van der Waals surface area contributed by atoms with Crippen LogP contribution in [0.2, 0.25) is 0 Å². The number of rotatable bonds is 10. The van der Waals surface area contributed by atoms with E-state index in [9.17, 15) is 9.90 Å². The smallest absolute Gasteiger partial charge is 0.253 e. The number of aromatic nitrogens is 1. The standard InChI is InChI=1S/C35H44N4O4/c1-25-32(23-39-19-5-7-31(39)22-38-17-2-3-18-38)42-35(43-33(25)28-12-10-27(24-40)11-13-28)29-14-8-26(9-15-29)20-37-34(41)30-6-4-16-36-21-30/h4,6,8-16,21,25,31-33,35,40H,2-3,5,7,17-20,22-24H2,1H3,(H,37,41)/t25-,31+,32+,33+,35+/m1/s1. The van der Waals surface area contributed by atoms with Crippen molar-refractivity contribution in [2.75, 3.05) is 32.7 Å². The fraction of sp³-hybridized carbons (Fsp3) is 0.486. The molecule has 3 aliphatic rings. The minimum absolute atomic E-state index is 0.0129. The largest absolute Gasteiger partial charge is 0.392 e. The average molecular weight is 585 g/mol. The highest BCUT2D eigenvalue weighted by atomic mass is 16.7. The molecule has 3 aliphatic heterocycles. The summed E-state index contributed by atoms with van der Waals surface area (Å²) in [5.41, 5.74) is 4.50. The van der Waals surface area contributed by atoms with Gasteiger partial charge < -0.3 is 24.8 Å². The van der Waals surface area contributed by atoms with E-state index in [1.54, 1.807) is 24.5 Å². The zero-order chi connectivity index (χ0) is 29.6. The molecule has 1 amide bonds. The van der Waals surface area contributed by atoms with Crippen molar-refractivity contribution in [1.82, 2.24) is 20.1 Å². The molecule has 228 valence electrons. The topological polar surface area (TPSA) is 87.2 Å². The van der Waals surface area contributed by atoms with Crippen LogP contribution in [-0.4, -0.2) is 70.7 Å². The maximum atomic E-state index is 12.5. The van der Waals surface area contributed by atoms with Gasteiger partial charge in [0.2, 0.25) is 0 Å². The van der Waals surface area contributed by atoms with Crippen molar-refractivity contribution in [3.8, 4) is 0 Å². The summed E-state index contributed by atoms with van der Waals surface area (Å²) in [5.74, 6) is 0.0131. The molecule has 5 atom stereocenters. The zero-order valence-electron chi connectivity index (χ0n) is 25.1. The number of amides is 1. The molecule has 0 aliphatic carbocycles. The van der Waals surface area contributed by atoms with E-state index in [4.69, 9.17) is 9.47 Å². The van der Waals surface area contributed by atoms with Gasteiger partial charge in [0.05, 0.1) is 24.4 Å². The van der Waals surface area contributed by atoms with Gasteiger partial charge in [-0.2, -0.15) is 0 Å². The number of aliphatic hydroxyl groups is 1. The number of carbonyl (C=O) groups excluding carboxylic acids is 1. The van der Waals surface area contributed by atoms with Crippen molar-refractivity contribution < 1.29 is 19.4 Å². The van der Waals surface area contributed by atoms with Crippen LogP contribution in [0, 0.1) is 5.92 Å². The minimum atomic E-state index is -0.498. The monoisotopic (exact) mass is 584 g/mol. The molecule has 0 unspecified atom stereocenters. The van der Waals surface area contributed by atoms with Crippen LogP contribution in [0.3, 0.4) is 0 Å². The van der Waals surface area contributed by atoms with E-state index in [-0.39, 0.29) is 30.6 Å². The molecule has 0 bridgehead atoms. The number of hydrogen-bond donors (Lipinski definition) is 2. The summed E-state index contributed by atoms with van der Waals surface area (Å²) in [5, 5.41) is 12.5. The molecule has 43 heavy (non-hydrogen) atoms. The van der Waals surface area contributed by atoms with Crippen molar-refractivity contribution in [1.29, 1.82) is 0 Å². The third-order valence-corrected chi connectivity index (χ3v) is 9.33. The van der Waals surface area contributed by atoms with Crippen LogP contribution >= 0.6 is 0 Å².